The molecule has 0 fully saturated rings. The summed E-state index contributed by atoms with van der Waals surface area (Å²) in [5.41, 5.74) is 8.26. The highest BCUT2D eigenvalue weighted by Crippen LogP contribution is 2.27. The van der Waals surface area contributed by atoms with Crippen molar-refractivity contribution in [2.75, 3.05) is 0 Å². The minimum Gasteiger partial charge on any atom is -0.365 e. The van der Waals surface area contributed by atoms with Gasteiger partial charge >= 0.3 is 0 Å². The average Bonchev–Trinajstić information content (AvgIpc) is 3.05. The van der Waals surface area contributed by atoms with Crippen LogP contribution in [0, 0.1) is 6.92 Å². The predicted molar refractivity (Wildman–Crippen MR) is 108 cm³/mol. The molecule has 1 heterocycles. The Morgan fingerprint density at radius 2 is 1.63 bits per heavy atom. The molecule has 3 rings (SSSR count). The molecule has 27 heavy (non-hydrogen) atoms. The third-order valence-corrected chi connectivity index (χ3v) is 7.12. The van der Waals surface area contributed by atoms with Gasteiger partial charge in [-0.15, -0.1) is 11.3 Å². The van der Waals surface area contributed by atoms with Crippen LogP contribution in [0.25, 0.3) is 11.1 Å². The van der Waals surface area contributed by atoms with E-state index in [0.29, 0.717) is 4.88 Å². The maximum absolute atomic E-state index is 12.7. The van der Waals surface area contributed by atoms with Crippen LogP contribution >= 0.6 is 11.3 Å². The van der Waals surface area contributed by atoms with Gasteiger partial charge in [0.2, 0.25) is 10.0 Å². The second-order valence-electron chi connectivity index (χ2n) is 6.23. The number of carbonyl (C=O) groups is 1. The van der Waals surface area contributed by atoms with Gasteiger partial charge in [0.1, 0.15) is 0 Å². The summed E-state index contributed by atoms with van der Waals surface area (Å²) < 4.78 is 28.1. The molecule has 5 nitrogen and oxygen atoms in total. The molecular weight excluding hydrogens is 380 g/mol. The Balaban J connectivity index is 1.80. The van der Waals surface area contributed by atoms with Crippen molar-refractivity contribution < 1.29 is 13.2 Å². The van der Waals surface area contributed by atoms with Crippen molar-refractivity contribution in [2.45, 2.75) is 24.8 Å². The lowest BCUT2D eigenvalue weighted by atomic mass is 10.0. The minimum absolute atomic E-state index is 0.0917. The van der Waals surface area contributed by atoms with E-state index in [4.69, 9.17) is 5.73 Å². The third-order valence-electron chi connectivity index (χ3n) is 4.25. The van der Waals surface area contributed by atoms with Crippen LogP contribution in [0.15, 0.2) is 65.6 Å². The first kappa shape index (κ1) is 19.3. The van der Waals surface area contributed by atoms with Crippen LogP contribution < -0.4 is 10.5 Å². The molecule has 0 bridgehead atoms. The number of primary amides is 1. The van der Waals surface area contributed by atoms with E-state index in [-0.39, 0.29) is 9.77 Å². The molecule has 2 aromatic carbocycles. The Hall–Kier alpha value is -2.48. The van der Waals surface area contributed by atoms with Gasteiger partial charge < -0.3 is 5.73 Å². The van der Waals surface area contributed by atoms with E-state index in [1.165, 1.54) is 6.07 Å². The highest BCUT2D eigenvalue weighted by Gasteiger charge is 2.23. The van der Waals surface area contributed by atoms with E-state index in [1.54, 1.807) is 13.8 Å². The zero-order chi connectivity index (χ0) is 19.6. The molecule has 3 N–H and O–H groups in total. The van der Waals surface area contributed by atoms with E-state index in [9.17, 15) is 13.2 Å². The SMILES string of the molecule is Cc1sc(C(N)=O)cc1S(=O)(=O)NC(C)c1ccc(-c2ccccc2)cc1. The van der Waals surface area contributed by atoms with E-state index in [0.717, 1.165) is 28.0 Å². The molecule has 0 aliphatic rings. The lowest BCUT2D eigenvalue weighted by molar-refractivity contribution is 0.100. The van der Waals surface area contributed by atoms with Crippen LogP contribution in [0.2, 0.25) is 0 Å². The van der Waals surface area contributed by atoms with Gasteiger partial charge in [0.05, 0.1) is 9.77 Å². The van der Waals surface area contributed by atoms with Gasteiger partial charge in [-0.2, -0.15) is 0 Å². The van der Waals surface area contributed by atoms with Crippen molar-refractivity contribution in [3.8, 4) is 11.1 Å². The summed E-state index contributed by atoms with van der Waals surface area (Å²) in [6.45, 7) is 3.44. The van der Waals surface area contributed by atoms with Crippen molar-refractivity contribution in [3.05, 3.63) is 76.0 Å². The lowest BCUT2D eigenvalue weighted by Gasteiger charge is -2.15. The molecular formula is C20H20N2O3S2. The number of aryl methyl sites for hydroxylation is 1. The van der Waals surface area contributed by atoms with Crippen molar-refractivity contribution in [1.82, 2.24) is 4.72 Å². The molecule has 1 amide bonds. The van der Waals surface area contributed by atoms with Gasteiger partial charge in [-0.25, -0.2) is 13.1 Å². The van der Waals surface area contributed by atoms with Gasteiger partial charge in [0, 0.05) is 10.9 Å². The molecule has 0 saturated heterocycles. The highest BCUT2D eigenvalue weighted by molar-refractivity contribution is 7.89. The first-order valence-electron chi connectivity index (χ1n) is 8.36. The van der Waals surface area contributed by atoms with Gasteiger partial charge in [-0.05, 0) is 36.6 Å². The zero-order valence-electron chi connectivity index (χ0n) is 15.0. The Morgan fingerprint density at radius 3 is 2.19 bits per heavy atom. The van der Waals surface area contributed by atoms with Crippen molar-refractivity contribution >= 4 is 27.3 Å². The van der Waals surface area contributed by atoms with Crippen molar-refractivity contribution in [3.63, 3.8) is 0 Å². The first-order valence-corrected chi connectivity index (χ1v) is 10.7. The fourth-order valence-corrected chi connectivity index (χ4v) is 5.49. The summed E-state index contributed by atoms with van der Waals surface area (Å²) in [4.78, 5) is 12.2. The fraction of sp³-hybridized carbons (Fsp3) is 0.150. The molecule has 7 heteroatoms. The van der Waals surface area contributed by atoms with E-state index in [2.05, 4.69) is 4.72 Å². The lowest BCUT2D eigenvalue weighted by Crippen LogP contribution is -2.27. The summed E-state index contributed by atoms with van der Waals surface area (Å²) in [5.74, 6) is -0.630. The second-order valence-corrected chi connectivity index (χ2v) is 9.17. The number of thiophene rings is 1. The van der Waals surface area contributed by atoms with Crippen molar-refractivity contribution in [2.24, 2.45) is 5.73 Å². The maximum Gasteiger partial charge on any atom is 0.258 e. The second kappa shape index (κ2) is 7.64. The van der Waals surface area contributed by atoms with Gasteiger partial charge in [-0.3, -0.25) is 4.79 Å². The number of hydrogen-bond acceptors (Lipinski definition) is 4. The average molecular weight is 401 g/mol. The molecule has 1 unspecified atom stereocenters. The number of nitrogens with one attached hydrogen (secondary N) is 1. The van der Waals surface area contributed by atoms with E-state index < -0.39 is 22.0 Å². The zero-order valence-corrected chi connectivity index (χ0v) is 16.6. The quantitative estimate of drug-likeness (QED) is 0.658. The van der Waals surface area contributed by atoms with Gasteiger partial charge in [0.15, 0.2) is 0 Å². The molecule has 0 aliphatic heterocycles. The minimum atomic E-state index is -3.76. The van der Waals surface area contributed by atoms with E-state index >= 15 is 0 Å². The number of amides is 1. The van der Waals surface area contributed by atoms with E-state index in [1.807, 2.05) is 54.6 Å². The smallest absolute Gasteiger partial charge is 0.258 e. The predicted octanol–water partition coefficient (Wildman–Crippen LogP) is 3.86. The number of benzene rings is 2. The van der Waals surface area contributed by atoms with Gasteiger partial charge in [0.25, 0.3) is 5.91 Å². The number of rotatable bonds is 6. The first-order chi connectivity index (χ1) is 12.8. The molecule has 1 aromatic heterocycles. The summed E-state index contributed by atoms with van der Waals surface area (Å²) in [6, 6.07) is 18.6. The number of sulfonamides is 1. The highest BCUT2D eigenvalue weighted by atomic mass is 32.2. The normalized spacial score (nSPS) is 12.7. The van der Waals surface area contributed by atoms with Crippen LogP contribution in [-0.2, 0) is 10.0 Å². The summed E-state index contributed by atoms with van der Waals surface area (Å²) in [5, 5.41) is 0. The van der Waals surface area contributed by atoms with Crippen LogP contribution in [0.5, 0.6) is 0 Å². The van der Waals surface area contributed by atoms with Crippen LogP contribution in [0.3, 0.4) is 0 Å². The fourth-order valence-electron chi connectivity index (χ4n) is 2.81. The molecule has 140 valence electrons. The Kier molecular flexibility index (Phi) is 5.46. The Labute approximate surface area is 162 Å². The van der Waals surface area contributed by atoms with Crippen LogP contribution in [-0.4, -0.2) is 14.3 Å². The summed E-state index contributed by atoms with van der Waals surface area (Å²) in [7, 11) is -3.76. The monoisotopic (exact) mass is 400 g/mol. The molecule has 3 aromatic rings. The molecule has 0 saturated carbocycles. The topological polar surface area (TPSA) is 89.3 Å². The number of nitrogens with two attached hydrogens (primary N) is 1. The Bertz CT molecular complexity index is 1060. The maximum atomic E-state index is 12.7. The summed E-state index contributed by atoms with van der Waals surface area (Å²) in [6.07, 6.45) is 0. The van der Waals surface area contributed by atoms with Crippen molar-refractivity contribution in [1.29, 1.82) is 0 Å². The third kappa shape index (κ3) is 4.27. The molecule has 1 atom stereocenters. The number of hydrogen-bond donors (Lipinski definition) is 2. The van der Waals surface area contributed by atoms with Gasteiger partial charge in [-0.1, -0.05) is 54.6 Å². The molecule has 0 aliphatic carbocycles. The largest absolute Gasteiger partial charge is 0.365 e. The number of carbonyl (C=O) groups excluding carboxylic acids is 1. The standard InChI is InChI=1S/C20H20N2O3S2/c1-13(15-8-10-17(11-9-15)16-6-4-3-5-7-16)22-27(24,25)19-12-18(20(21)23)26-14(19)2/h3-13,22H,1-2H3,(H2,21,23). The summed E-state index contributed by atoms with van der Waals surface area (Å²) >= 11 is 1.08. The molecule has 0 spiro atoms. The van der Waals surface area contributed by atoms with Crippen LogP contribution in [0.1, 0.15) is 33.1 Å². The molecule has 0 radical (unpaired) electrons. The Morgan fingerprint density at radius 1 is 1.04 bits per heavy atom. The van der Waals surface area contributed by atoms with Crippen LogP contribution in [0.4, 0.5) is 0 Å².